The molecule has 7 nitrogen and oxygen atoms in total. The lowest BCUT2D eigenvalue weighted by Gasteiger charge is -2.33. The van der Waals surface area contributed by atoms with Crippen LogP contribution in [-0.4, -0.2) is 60.5 Å². The lowest BCUT2D eigenvalue weighted by molar-refractivity contribution is 0.196. The summed E-state index contributed by atoms with van der Waals surface area (Å²) in [7, 11) is -3.55. The van der Waals surface area contributed by atoms with Crippen molar-refractivity contribution in [2.45, 2.75) is 18.7 Å². The van der Waals surface area contributed by atoms with Crippen LogP contribution in [0.25, 0.3) is 22.2 Å². The molecule has 2 aromatic heterocycles. The zero-order valence-electron chi connectivity index (χ0n) is 16.1. The Balaban J connectivity index is 1.60. The Morgan fingerprint density at radius 2 is 1.97 bits per heavy atom. The minimum absolute atomic E-state index is 0.297. The fraction of sp³-hybridized carbons (Fsp3) is 0.368. The van der Waals surface area contributed by atoms with Crippen molar-refractivity contribution in [2.24, 2.45) is 0 Å². The lowest BCUT2D eigenvalue weighted by Crippen LogP contribution is -2.48. The first-order valence-electron chi connectivity index (χ1n) is 9.31. The fourth-order valence-corrected chi connectivity index (χ4v) is 6.41. The van der Waals surface area contributed by atoms with Gasteiger partial charge in [0.05, 0.1) is 9.77 Å². The van der Waals surface area contributed by atoms with Crippen LogP contribution in [0.1, 0.15) is 11.8 Å². The van der Waals surface area contributed by atoms with Gasteiger partial charge in [0.15, 0.2) is 0 Å². The molecule has 1 aliphatic rings. The topological polar surface area (TPSA) is 79.5 Å². The van der Waals surface area contributed by atoms with Crippen molar-refractivity contribution in [3.8, 4) is 22.2 Å². The zero-order valence-corrected chi connectivity index (χ0v) is 18.5. The van der Waals surface area contributed by atoms with Gasteiger partial charge in [0, 0.05) is 41.6 Å². The summed E-state index contributed by atoms with van der Waals surface area (Å²) in [6, 6.07) is 8.81. The van der Waals surface area contributed by atoms with Crippen molar-refractivity contribution in [3.63, 3.8) is 0 Å². The van der Waals surface area contributed by atoms with Crippen LogP contribution < -0.4 is 0 Å². The highest BCUT2D eigenvalue weighted by molar-refractivity contribution is 7.89. The summed E-state index contributed by atoms with van der Waals surface area (Å²) >= 11 is 7.36. The average Bonchev–Trinajstić information content (AvgIpc) is 3.35. The second kappa shape index (κ2) is 8.16. The Morgan fingerprint density at radius 1 is 1.21 bits per heavy atom. The molecule has 0 spiro atoms. The second-order valence-corrected chi connectivity index (χ2v) is 10.4. The summed E-state index contributed by atoms with van der Waals surface area (Å²) in [4.78, 5) is 8.32. The van der Waals surface area contributed by atoms with E-state index in [-0.39, 0.29) is 0 Å². The molecule has 10 heteroatoms. The van der Waals surface area contributed by atoms with E-state index in [0.29, 0.717) is 44.5 Å². The van der Waals surface area contributed by atoms with Gasteiger partial charge in [-0.2, -0.15) is 9.29 Å². The number of benzene rings is 1. The molecule has 0 amide bonds. The van der Waals surface area contributed by atoms with Crippen LogP contribution in [0.3, 0.4) is 0 Å². The summed E-state index contributed by atoms with van der Waals surface area (Å²) < 4.78 is 33.2. The molecule has 0 unspecified atom stereocenters. The minimum Gasteiger partial charge on any atom is -0.333 e. The number of thiophene rings is 1. The maximum absolute atomic E-state index is 13.1. The number of halogens is 1. The number of rotatable bonds is 5. The molecule has 0 radical (unpaired) electrons. The van der Waals surface area contributed by atoms with Crippen LogP contribution in [0.5, 0.6) is 0 Å². The number of likely N-dealkylation sites (N-methyl/N-ethyl adjacent to an activating group) is 1. The van der Waals surface area contributed by atoms with E-state index in [2.05, 4.69) is 22.0 Å². The van der Waals surface area contributed by atoms with Gasteiger partial charge < -0.3 is 9.42 Å². The maximum Gasteiger partial charge on any atom is 0.268 e. The third-order valence-corrected chi connectivity index (χ3v) is 8.42. The molecular formula is C19H21ClN4O3S2. The van der Waals surface area contributed by atoms with Crippen LogP contribution >= 0.6 is 22.9 Å². The highest BCUT2D eigenvalue weighted by Crippen LogP contribution is 2.35. The van der Waals surface area contributed by atoms with Gasteiger partial charge in [0.2, 0.25) is 15.8 Å². The molecule has 1 aliphatic heterocycles. The van der Waals surface area contributed by atoms with Crippen LogP contribution in [0.2, 0.25) is 5.02 Å². The van der Waals surface area contributed by atoms with Gasteiger partial charge in [-0.15, -0.1) is 11.3 Å². The van der Waals surface area contributed by atoms with E-state index in [1.54, 1.807) is 29.4 Å². The van der Waals surface area contributed by atoms with Gasteiger partial charge in [-0.05, 0) is 31.7 Å². The highest BCUT2D eigenvalue weighted by atomic mass is 35.5. The molecule has 0 saturated carbocycles. The molecule has 0 aliphatic carbocycles. The highest BCUT2D eigenvalue weighted by Gasteiger charge is 2.31. The number of hydrogen-bond donors (Lipinski definition) is 0. The molecule has 1 aromatic carbocycles. The summed E-state index contributed by atoms with van der Waals surface area (Å²) in [5.41, 5.74) is 0.738. The van der Waals surface area contributed by atoms with E-state index < -0.39 is 10.0 Å². The standard InChI is InChI=1S/C19H21ClN4O3S2/c1-3-23-7-9-24(10-8-23)29(25,26)17-12-16(28-13(17)2)19-21-18(22-27-19)14-5-4-6-15(20)11-14/h4-6,11-12H,3,7-10H2,1-2H3. The summed E-state index contributed by atoms with van der Waals surface area (Å²) in [6.45, 7) is 7.32. The SMILES string of the molecule is CCN1CCN(S(=O)(=O)c2cc(-c3nc(-c4cccc(Cl)c4)no3)sc2C)CC1. The molecule has 0 atom stereocenters. The maximum atomic E-state index is 13.1. The first kappa shape index (κ1) is 20.5. The van der Waals surface area contributed by atoms with Crippen molar-refractivity contribution in [1.82, 2.24) is 19.3 Å². The smallest absolute Gasteiger partial charge is 0.268 e. The quantitative estimate of drug-likeness (QED) is 0.586. The van der Waals surface area contributed by atoms with Gasteiger partial charge in [0.1, 0.15) is 0 Å². The van der Waals surface area contributed by atoms with E-state index in [4.69, 9.17) is 16.1 Å². The lowest BCUT2D eigenvalue weighted by atomic mass is 10.2. The number of aromatic nitrogens is 2. The predicted octanol–water partition coefficient (Wildman–Crippen LogP) is 3.75. The normalized spacial score (nSPS) is 16.4. The molecule has 154 valence electrons. The van der Waals surface area contributed by atoms with Gasteiger partial charge in [-0.3, -0.25) is 0 Å². The number of piperazine rings is 1. The van der Waals surface area contributed by atoms with E-state index >= 15 is 0 Å². The minimum atomic E-state index is -3.55. The molecule has 1 saturated heterocycles. The van der Waals surface area contributed by atoms with E-state index in [1.165, 1.54) is 11.3 Å². The molecule has 4 rings (SSSR count). The van der Waals surface area contributed by atoms with Crippen LogP contribution in [0.4, 0.5) is 0 Å². The number of hydrogen-bond acceptors (Lipinski definition) is 7. The average molecular weight is 453 g/mol. The molecule has 0 bridgehead atoms. The van der Waals surface area contributed by atoms with E-state index in [1.807, 2.05) is 12.1 Å². The van der Waals surface area contributed by atoms with E-state index in [9.17, 15) is 8.42 Å². The van der Waals surface area contributed by atoms with Crippen molar-refractivity contribution in [1.29, 1.82) is 0 Å². The van der Waals surface area contributed by atoms with Crippen molar-refractivity contribution < 1.29 is 12.9 Å². The molecular weight excluding hydrogens is 432 g/mol. The summed E-state index contributed by atoms with van der Waals surface area (Å²) in [5.74, 6) is 0.707. The zero-order chi connectivity index (χ0) is 20.6. The Bertz CT molecular complexity index is 1120. The Labute approximate surface area is 179 Å². The van der Waals surface area contributed by atoms with Crippen molar-refractivity contribution in [2.75, 3.05) is 32.7 Å². The molecule has 3 aromatic rings. The van der Waals surface area contributed by atoms with Crippen LogP contribution in [0.15, 0.2) is 39.8 Å². The molecule has 29 heavy (non-hydrogen) atoms. The largest absolute Gasteiger partial charge is 0.333 e. The van der Waals surface area contributed by atoms with Crippen molar-refractivity contribution >= 4 is 33.0 Å². The third kappa shape index (κ3) is 4.10. The van der Waals surface area contributed by atoms with Gasteiger partial charge in [-0.1, -0.05) is 35.8 Å². The van der Waals surface area contributed by atoms with Crippen molar-refractivity contribution in [3.05, 3.63) is 40.2 Å². The Morgan fingerprint density at radius 3 is 2.66 bits per heavy atom. The fourth-order valence-electron chi connectivity index (χ4n) is 3.32. The Hall–Kier alpha value is -1.78. The van der Waals surface area contributed by atoms with E-state index in [0.717, 1.165) is 25.2 Å². The molecule has 0 N–H and O–H groups in total. The molecule has 1 fully saturated rings. The van der Waals surface area contributed by atoms with Gasteiger partial charge >= 0.3 is 0 Å². The Kier molecular flexibility index (Phi) is 5.76. The van der Waals surface area contributed by atoms with Gasteiger partial charge in [0.25, 0.3) is 5.89 Å². The number of nitrogens with zero attached hydrogens (tertiary/aromatic N) is 4. The van der Waals surface area contributed by atoms with Crippen LogP contribution in [-0.2, 0) is 10.0 Å². The number of sulfonamides is 1. The van der Waals surface area contributed by atoms with Crippen LogP contribution in [0, 0.1) is 6.92 Å². The molecule has 3 heterocycles. The summed E-state index contributed by atoms with van der Waals surface area (Å²) in [6.07, 6.45) is 0. The van der Waals surface area contributed by atoms with Gasteiger partial charge in [-0.25, -0.2) is 8.42 Å². The first-order valence-corrected chi connectivity index (χ1v) is 11.9. The number of aryl methyl sites for hydroxylation is 1. The first-order chi connectivity index (χ1) is 13.9. The predicted molar refractivity (Wildman–Crippen MR) is 114 cm³/mol. The monoisotopic (exact) mass is 452 g/mol. The third-order valence-electron chi connectivity index (χ3n) is 4.99. The second-order valence-electron chi connectivity index (χ2n) is 6.80. The summed E-state index contributed by atoms with van der Waals surface area (Å²) in [5, 5.41) is 4.59.